The molecule has 158 valence electrons. The average molecular weight is 413 g/mol. The minimum atomic E-state index is -1.03. The maximum Gasteiger partial charge on any atom is 0.312 e. The first-order valence-corrected chi connectivity index (χ1v) is 9.51. The number of furan rings is 1. The van der Waals surface area contributed by atoms with Gasteiger partial charge < -0.3 is 24.7 Å². The van der Waals surface area contributed by atoms with Gasteiger partial charge in [0.25, 0.3) is 5.91 Å². The van der Waals surface area contributed by atoms with Crippen molar-refractivity contribution < 1.29 is 28.3 Å². The SMILES string of the molecule is CC(=O)Nc1ccc(NC(=O)[C@H](C)OC(=O)[C@@H]2CC(=O)N(Cc3ccco3)C2)cc1. The normalized spacial score (nSPS) is 16.8. The lowest BCUT2D eigenvalue weighted by Gasteiger charge is -2.17. The zero-order chi connectivity index (χ0) is 21.7. The van der Waals surface area contributed by atoms with Gasteiger partial charge in [0.05, 0.1) is 18.7 Å². The average Bonchev–Trinajstić information content (AvgIpc) is 3.33. The van der Waals surface area contributed by atoms with Crippen LogP contribution in [0.2, 0.25) is 0 Å². The number of nitrogens with one attached hydrogen (secondary N) is 2. The molecule has 1 aliphatic rings. The summed E-state index contributed by atoms with van der Waals surface area (Å²) in [5, 5.41) is 5.27. The van der Waals surface area contributed by atoms with E-state index < -0.39 is 23.9 Å². The Hall–Kier alpha value is -3.62. The van der Waals surface area contributed by atoms with Gasteiger partial charge in [0, 0.05) is 31.3 Å². The van der Waals surface area contributed by atoms with Crippen molar-refractivity contribution in [2.24, 2.45) is 5.92 Å². The van der Waals surface area contributed by atoms with Crippen LogP contribution < -0.4 is 10.6 Å². The number of esters is 1. The predicted molar refractivity (Wildman–Crippen MR) is 107 cm³/mol. The van der Waals surface area contributed by atoms with E-state index in [2.05, 4.69) is 10.6 Å². The van der Waals surface area contributed by atoms with Crippen LogP contribution in [-0.4, -0.2) is 41.2 Å². The number of anilines is 2. The van der Waals surface area contributed by atoms with Gasteiger partial charge in [-0.15, -0.1) is 0 Å². The molecule has 0 radical (unpaired) electrons. The number of rotatable bonds is 7. The second-order valence-electron chi connectivity index (χ2n) is 7.08. The second kappa shape index (κ2) is 9.25. The highest BCUT2D eigenvalue weighted by molar-refractivity contribution is 5.96. The molecule has 1 aromatic carbocycles. The lowest BCUT2D eigenvalue weighted by atomic mass is 10.1. The quantitative estimate of drug-likeness (QED) is 0.672. The molecule has 0 spiro atoms. The fourth-order valence-electron chi connectivity index (χ4n) is 3.08. The van der Waals surface area contributed by atoms with Gasteiger partial charge in [0.1, 0.15) is 5.76 Å². The van der Waals surface area contributed by atoms with Crippen molar-refractivity contribution in [1.29, 1.82) is 0 Å². The van der Waals surface area contributed by atoms with Crippen LogP contribution in [0, 0.1) is 5.92 Å². The number of ether oxygens (including phenoxy) is 1. The van der Waals surface area contributed by atoms with Gasteiger partial charge in [-0.2, -0.15) is 0 Å². The maximum atomic E-state index is 12.4. The molecule has 30 heavy (non-hydrogen) atoms. The summed E-state index contributed by atoms with van der Waals surface area (Å²) in [6, 6.07) is 10.0. The third-order valence-corrected chi connectivity index (χ3v) is 4.61. The summed E-state index contributed by atoms with van der Waals surface area (Å²) in [7, 11) is 0. The van der Waals surface area contributed by atoms with E-state index in [0.717, 1.165) is 0 Å². The van der Waals surface area contributed by atoms with E-state index in [0.29, 0.717) is 23.7 Å². The van der Waals surface area contributed by atoms with Gasteiger partial charge in [-0.1, -0.05) is 0 Å². The van der Waals surface area contributed by atoms with E-state index in [1.807, 2.05) is 0 Å². The van der Waals surface area contributed by atoms with Crippen molar-refractivity contribution >= 4 is 35.1 Å². The first-order valence-electron chi connectivity index (χ1n) is 9.51. The van der Waals surface area contributed by atoms with Gasteiger partial charge in [-0.25, -0.2) is 0 Å². The summed E-state index contributed by atoms with van der Waals surface area (Å²) in [5.41, 5.74) is 1.10. The van der Waals surface area contributed by atoms with E-state index in [-0.39, 0.29) is 24.8 Å². The van der Waals surface area contributed by atoms with E-state index in [1.165, 1.54) is 25.0 Å². The lowest BCUT2D eigenvalue weighted by Crippen LogP contribution is -2.33. The van der Waals surface area contributed by atoms with Gasteiger partial charge in [-0.05, 0) is 43.3 Å². The molecule has 2 N–H and O–H groups in total. The first-order chi connectivity index (χ1) is 14.3. The number of carbonyl (C=O) groups is 4. The predicted octanol–water partition coefficient (Wildman–Crippen LogP) is 2.16. The van der Waals surface area contributed by atoms with Crippen molar-refractivity contribution in [3.63, 3.8) is 0 Å². The summed E-state index contributed by atoms with van der Waals surface area (Å²) < 4.78 is 10.5. The molecule has 3 rings (SSSR count). The molecular weight excluding hydrogens is 390 g/mol. The van der Waals surface area contributed by atoms with Gasteiger partial charge in [0.2, 0.25) is 11.8 Å². The van der Waals surface area contributed by atoms with E-state index in [4.69, 9.17) is 9.15 Å². The standard InChI is InChI=1S/C21H23N3O6/c1-13(20(27)23-17-7-5-16(6-8-17)22-14(2)25)30-21(28)15-10-19(26)24(11-15)12-18-4-3-9-29-18/h3-9,13,15H,10-12H2,1-2H3,(H,22,25)(H,23,27)/t13-,15+/m0/s1. The highest BCUT2D eigenvalue weighted by Gasteiger charge is 2.36. The van der Waals surface area contributed by atoms with Crippen LogP contribution in [0.15, 0.2) is 47.1 Å². The third kappa shape index (κ3) is 5.47. The summed E-state index contributed by atoms with van der Waals surface area (Å²) in [5.74, 6) is -1.43. The molecule has 1 aliphatic heterocycles. The molecule has 1 saturated heterocycles. The van der Waals surface area contributed by atoms with E-state index in [9.17, 15) is 19.2 Å². The van der Waals surface area contributed by atoms with Crippen molar-refractivity contribution in [3.05, 3.63) is 48.4 Å². The molecule has 2 atom stereocenters. The monoisotopic (exact) mass is 413 g/mol. The lowest BCUT2D eigenvalue weighted by molar-refractivity contribution is -0.157. The van der Waals surface area contributed by atoms with Crippen LogP contribution in [-0.2, 0) is 30.5 Å². The van der Waals surface area contributed by atoms with Gasteiger partial charge >= 0.3 is 5.97 Å². The van der Waals surface area contributed by atoms with Crippen LogP contribution in [0.25, 0.3) is 0 Å². The minimum Gasteiger partial charge on any atom is -0.467 e. The molecule has 1 aromatic heterocycles. The first kappa shape index (κ1) is 21.1. The van der Waals surface area contributed by atoms with Crippen LogP contribution in [0.1, 0.15) is 26.0 Å². The molecule has 3 amide bonds. The van der Waals surface area contributed by atoms with Crippen molar-refractivity contribution in [3.8, 4) is 0 Å². The molecular formula is C21H23N3O6. The molecule has 0 saturated carbocycles. The van der Waals surface area contributed by atoms with Gasteiger partial charge in [-0.3, -0.25) is 19.2 Å². The Morgan fingerprint density at radius 3 is 2.43 bits per heavy atom. The number of nitrogens with zero attached hydrogens (tertiary/aromatic N) is 1. The zero-order valence-electron chi connectivity index (χ0n) is 16.7. The van der Waals surface area contributed by atoms with E-state index >= 15 is 0 Å². The second-order valence-corrected chi connectivity index (χ2v) is 7.08. The maximum absolute atomic E-state index is 12.4. The summed E-state index contributed by atoms with van der Waals surface area (Å²) in [6.07, 6.45) is 0.537. The fourth-order valence-corrected chi connectivity index (χ4v) is 3.08. The summed E-state index contributed by atoms with van der Waals surface area (Å²) in [6.45, 7) is 3.38. The highest BCUT2D eigenvalue weighted by Crippen LogP contribution is 2.22. The number of likely N-dealkylation sites (tertiary alicyclic amines) is 1. The number of hydrogen-bond donors (Lipinski definition) is 2. The molecule has 2 heterocycles. The summed E-state index contributed by atoms with van der Waals surface area (Å²) in [4.78, 5) is 49.4. The minimum absolute atomic E-state index is 0.0402. The molecule has 2 aromatic rings. The smallest absolute Gasteiger partial charge is 0.312 e. The van der Waals surface area contributed by atoms with Crippen LogP contribution >= 0.6 is 0 Å². The Balaban J connectivity index is 1.49. The fraction of sp³-hybridized carbons (Fsp3) is 0.333. The molecule has 0 bridgehead atoms. The van der Waals surface area contributed by atoms with Crippen molar-refractivity contribution in [2.45, 2.75) is 32.9 Å². The van der Waals surface area contributed by atoms with Crippen LogP contribution in [0.4, 0.5) is 11.4 Å². The Morgan fingerprint density at radius 1 is 1.17 bits per heavy atom. The topological polar surface area (TPSA) is 118 Å². The summed E-state index contributed by atoms with van der Waals surface area (Å²) >= 11 is 0. The Bertz CT molecular complexity index is 923. The molecule has 9 heteroatoms. The molecule has 1 fully saturated rings. The molecule has 0 unspecified atom stereocenters. The van der Waals surface area contributed by atoms with Crippen LogP contribution in [0.3, 0.4) is 0 Å². The number of carbonyl (C=O) groups excluding carboxylic acids is 4. The Kier molecular flexibility index (Phi) is 6.51. The Morgan fingerprint density at radius 2 is 1.83 bits per heavy atom. The largest absolute Gasteiger partial charge is 0.467 e. The molecule has 9 nitrogen and oxygen atoms in total. The van der Waals surface area contributed by atoms with Gasteiger partial charge in [0.15, 0.2) is 6.10 Å². The number of amides is 3. The highest BCUT2D eigenvalue weighted by atomic mass is 16.5. The Labute approximate surface area is 173 Å². The number of hydrogen-bond acceptors (Lipinski definition) is 6. The molecule has 0 aliphatic carbocycles. The third-order valence-electron chi connectivity index (χ3n) is 4.61. The van der Waals surface area contributed by atoms with Crippen molar-refractivity contribution in [1.82, 2.24) is 4.90 Å². The van der Waals surface area contributed by atoms with Crippen molar-refractivity contribution in [2.75, 3.05) is 17.2 Å². The zero-order valence-corrected chi connectivity index (χ0v) is 16.7. The number of benzene rings is 1. The van der Waals surface area contributed by atoms with E-state index in [1.54, 1.807) is 36.4 Å². The van der Waals surface area contributed by atoms with Crippen LogP contribution in [0.5, 0.6) is 0 Å².